The molecule has 2 fully saturated rings. The van der Waals surface area contributed by atoms with Gasteiger partial charge in [0.15, 0.2) is 11.5 Å². The Morgan fingerprint density at radius 3 is 2.46 bits per heavy atom. The number of methoxy groups -OCH3 is 1. The quantitative estimate of drug-likeness (QED) is 0.296. The summed E-state index contributed by atoms with van der Waals surface area (Å²) in [7, 11) is 1.56. The van der Waals surface area contributed by atoms with Crippen molar-refractivity contribution in [1.29, 1.82) is 0 Å². The molecule has 2 heterocycles. The number of morpholine rings is 1. The first-order valence-corrected chi connectivity index (χ1v) is 12.9. The van der Waals surface area contributed by atoms with Crippen molar-refractivity contribution in [1.82, 2.24) is 9.80 Å². The summed E-state index contributed by atoms with van der Waals surface area (Å²) in [5.74, 6) is 0.125. The van der Waals surface area contributed by atoms with Gasteiger partial charge < -0.3 is 24.2 Å². The summed E-state index contributed by atoms with van der Waals surface area (Å²) in [6.07, 6.45) is 0.906. The first-order chi connectivity index (χ1) is 17.9. The van der Waals surface area contributed by atoms with Crippen LogP contribution in [0.5, 0.6) is 11.5 Å². The van der Waals surface area contributed by atoms with Gasteiger partial charge in [0, 0.05) is 31.7 Å². The summed E-state index contributed by atoms with van der Waals surface area (Å²) < 4.78 is 17.0. The molecule has 0 bridgehead atoms. The van der Waals surface area contributed by atoms with Gasteiger partial charge in [-0.1, -0.05) is 50.2 Å². The number of carbonyl (C=O) groups excluding carboxylic acids is 2. The molecule has 0 saturated carbocycles. The predicted octanol–water partition coefficient (Wildman–Crippen LogP) is 3.87. The maximum Gasteiger partial charge on any atom is 0.295 e. The summed E-state index contributed by atoms with van der Waals surface area (Å²) in [5, 5.41) is 11.2. The first kappa shape index (κ1) is 26.7. The third kappa shape index (κ3) is 6.14. The van der Waals surface area contributed by atoms with Crippen LogP contribution in [-0.4, -0.2) is 79.7 Å². The molecule has 37 heavy (non-hydrogen) atoms. The molecule has 2 aliphatic rings. The number of likely N-dealkylation sites (tertiary alicyclic amines) is 1. The van der Waals surface area contributed by atoms with E-state index in [0.717, 1.165) is 19.5 Å². The fourth-order valence-corrected chi connectivity index (χ4v) is 4.66. The Labute approximate surface area is 218 Å². The number of aliphatic hydroxyl groups excluding tert-OH is 1. The average molecular weight is 509 g/mol. The van der Waals surface area contributed by atoms with E-state index in [4.69, 9.17) is 14.2 Å². The predicted molar refractivity (Wildman–Crippen MR) is 141 cm³/mol. The zero-order valence-corrected chi connectivity index (χ0v) is 21.8. The van der Waals surface area contributed by atoms with E-state index in [1.807, 2.05) is 12.1 Å². The van der Waals surface area contributed by atoms with E-state index in [1.54, 1.807) is 48.4 Å². The summed E-state index contributed by atoms with van der Waals surface area (Å²) in [6, 6.07) is 13.5. The van der Waals surface area contributed by atoms with Crippen LogP contribution in [0.1, 0.15) is 37.4 Å². The Kier molecular flexibility index (Phi) is 8.84. The van der Waals surface area contributed by atoms with Crippen molar-refractivity contribution in [2.24, 2.45) is 5.92 Å². The lowest BCUT2D eigenvalue weighted by Crippen LogP contribution is -2.42. The lowest BCUT2D eigenvalue weighted by atomic mass is 9.95. The number of aliphatic hydroxyl groups is 1. The molecule has 0 aromatic heterocycles. The summed E-state index contributed by atoms with van der Waals surface area (Å²) in [4.78, 5) is 30.3. The van der Waals surface area contributed by atoms with Crippen molar-refractivity contribution in [2.45, 2.75) is 26.3 Å². The molecule has 1 N–H and O–H groups in total. The average Bonchev–Trinajstić information content (AvgIpc) is 3.17. The highest BCUT2D eigenvalue weighted by atomic mass is 16.5. The van der Waals surface area contributed by atoms with Gasteiger partial charge >= 0.3 is 0 Å². The van der Waals surface area contributed by atoms with Crippen LogP contribution in [0, 0.1) is 5.92 Å². The number of benzene rings is 2. The number of nitrogens with zero attached hydrogens (tertiary/aromatic N) is 2. The zero-order valence-electron chi connectivity index (χ0n) is 21.8. The highest BCUT2D eigenvalue weighted by Gasteiger charge is 2.46. The molecule has 2 aromatic rings. The Morgan fingerprint density at radius 2 is 1.78 bits per heavy atom. The van der Waals surface area contributed by atoms with Crippen molar-refractivity contribution in [3.63, 3.8) is 0 Å². The highest BCUT2D eigenvalue weighted by molar-refractivity contribution is 6.46. The van der Waals surface area contributed by atoms with Gasteiger partial charge in [0.05, 0.1) is 38.5 Å². The largest absolute Gasteiger partial charge is 0.507 e. The Hall–Kier alpha value is -3.36. The molecule has 2 saturated heterocycles. The van der Waals surface area contributed by atoms with Crippen LogP contribution in [0.2, 0.25) is 0 Å². The second-order valence-electron chi connectivity index (χ2n) is 9.75. The molecule has 1 unspecified atom stereocenters. The molecule has 2 aliphatic heterocycles. The molecule has 8 heteroatoms. The minimum Gasteiger partial charge on any atom is -0.507 e. The van der Waals surface area contributed by atoms with Gasteiger partial charge in [-0.25, -0.2) is 0 Å². The van der Waals surface area contributed by atoms with Gasteiger partial charge in [0.1, 0.15) is 5.76 Å². The third-order valence-electron chi connectivity index (χ3n) is 6.80. The van der Waals surface area contributed by atoms with Crippen molar-refractivity contribution >= 4 is 17.4 Å². The van der Waals surface area contributed by atoms with Gasteiger partial charge in [-0.2, -0.15) is 0 Å². The molecule has 0 radical (unpaired) electrons. The van der Waals surface area contributed by atoms with Gasteiger partial charge in [0.2, 0.25) is 0 Å². The SMILES string of the molecule is COc1cc(C2/C(=C(\O)c3ccccc3)C(=O)C(=O)N2CCN2CCOCC2)ccc1OCCC(C)C. The van der Waals surface area contributed by atoms with Crippen molar-refractivity contribution < 1.29 is 28.9 Å². The Bertz CT molecular complexity index is 1120. The van der Waals surface area contributed by atoms with E-state index >= 15 is 0 Å². The summed E-state index contributed by atoms with van der Waals surface area (Å²) in [6.45, 7) is 8.61. The monoisotopic (exact) mass is 508 g/mol. The number of rotatable bonds is 10. The molecule has 1 atom stereocenters. The van der Waals surface area contributed by atoms with Crippen LogP contribution in [-0.2, 0) is 14.3 Å². The number of hydrogen-bond donors (Lipinski definition) is 1. The van der Waals surface area contributed by atoms with Gasteiger partial charge in [-0.15, -0.1) is 0 Å². The number of amides is 1. The van der Waals surface area contributed by atoms with E-state index in [9.17, 15) is 14.7 Å². The van der Waals surface area contributed by atoms with E-state index in [2.05, 4.69) is 18.7 Å². The van der Waals surface area contributed by atoms with Crippen molar-refractivity contribution in [2.75, 3.05) is 53.1 Å². The maximum atomic E-state index is 13.3. The molecular weight excluding hydrogens is 472 g/mol. The van der Waals surface area contributed by atoms with E-state index in [1.165, 1.54) is 0 Å². The van der Waals surface area contributed by atoms with Crippen LogP contribution in [0.4, 0.5) is 0 Å². The topological polar surface area (TPSA) is 88.5 Å². The smallest absolute Gasteiger partial charge is 0.295 e. The minimum atomic E-state index is -0.750. The molecule has 0 aliphatic carbocycles. The standard InChI is InChI=1S/C29H36N2O6/c1-20(2)11-16-37-23-10-9-22(19-24(23)35-3)26-25(27(32)21-7-5-4-6-8-21)28(33)29(34)31(26)13-12-30-14-17-36-18-15-30/h4-10,19-20,26,32H,11-18H2,1-3H3/b27-25+. The lowest BCUT2D eigenvalue weighted by molar-refractivity contribution is -0.140. The molecule has 0 spiro atoms. The van der Waals surface area contributed by atoms with Gasteiger partial charge in [-0.05, 0) is 30.0 Å². The van der Waals surface area contributed by atoms with Crippen LogP contribution < -0.4 is 9.47 Å². The number of carbonyl (C=O) groups is 2. The maximum absolute atomic E-state index is 13.3. The highest BCUT2D eigenvalue weighted by Crippen LogP contribution is 2.42. The molecule has 2 aromatic carbocycles. The van der Waals surface area contributed by atoms with Crippen molar-refractivity contribution in [3.8, 4) is 11.5 Å². The second-order valence-corrected chi connectivity index (χ2v) is 9.75. The van der Waals surface area contributed by atoms with Crippen LogP contribution in [0.15, 0.2) is 54.1 Å². The van der Waals surface area contributed by atoms with Crippen molar-refractivity contribution in [3.05, 3.63) is 65.2 Å². The van der Waals surface area contributed by atoms with Crippen LogP contribution in [0.3, 0.4) is 0 Å². The lowest BCUT2D eigenvalue weighted by Gasteiger charge is -2.31. The Morgan fingerprint density at radius 1 is 1.05 bits per heavy atom. The van der Waals surface area contributed by atoms with Crippen LogP contribution in [0.25, 0.3) is 5.76 Å². The molecular formula is C29H36N2O6. The fraction of sp³-hybridized carbons (Fsp3) is 0.448. The van der Waals surface area contributed by atoms with E-state index in [0.29, 0.717) is 61.5 Å². The Balaban J connectivity index is 1.71. The molecule has 1 amide bonds. The minimum absolute atomic E-state index is 0.0775. The van der Waals surface area contributed by atoms with E-state index < -0.39 is 17.7 Å². The first-order valence-electron chi connectivity index (χ1n) is 12.9. The fourth-order valence-electron chi connectivity index (χ4n) is 4.66. The molecule has 4 rings (SSSR count). The number of ether oxygens (including phenoxy) is 3. The normalized spacial score (nSPS) is 20.0. The van der Waals surface area contributed by atoms with Crippen LogP contribution >= 0.6 is 0 Å². The second kappa shape index (κ2) is 12.3. The molecule has 8 nitrogen and oxygen atoms in total. The number of ketones is 1. The molecule has 198 valence electrons. The number of hydrogen-bond acceptors (Lipinski definition) is 7. The summed E-state index contributed by atoms with van der Waals surface area (Å²) in [5.41, 5.74) is 1.24. The zero-order chi connectivity index (χ0) is 26.4. The number of Topliss-reactive ketones (excluding diaryl/α,β-unsaturated/α-hetero) is 1. The summed E-state index contributed by atoms with van der Waals surface area (Å²) >= 11 is 0. The van der Waals surface area contributed by atoms with E-state index in [-0.39, 0.29) is 11.3 Å². The third-order valence-corrected chi connectivity index (χ3v) is 6.80. The van der Waals surface area contributed by atoms with Gasteiger partial charge in [0.25, 0.3) is 11.7 Å². The van der Waals surface area contributed by atoms with Gasteiger partial charge in [-0.3, -0.25) is 14.5 Å².